The van der Waals surface area contributed by atoms with Crippen LogP contribution < -0.4 is 15.0 Å². The van der Waals surface area contributed by atoms with Crippen molar-refractivity contribution in [2.75, 3.05) is 23.8 Å². The lowest BCUT2D eigenvalue weighted by Gasteiger charge is -2.17. The summed E-state index contributed by atoms with van der Waals surface area (Å²) < 4.78 is 7.86. The second-order valence-corrected chi connectivity index (χ2v) is 11.1. The summed E-state index contributed by atoms with van der Waals surface area (Å²) >= 11 is 0. The van der Waals surface area contributed by atoms with Crippen molar-refractivity contribution in [3.63, 3.8) is 0 Å². The zero-order chi connectivity index (χ0) is 29.1. The standard InChI is InChI=1S/C29H29N9O4/c1-15-6-7-30-26(31-15)20-9-21(20)28(40)35-23-10-24(33-16(2)32-23)42-14-19-12-37-11-18(17-4-5-17)8-22(27(37)34-19)38-13-25(39)36(3)29(38)41/h6-8,10-12,17,20-21H,4-5,9,13-14H2,1-3H3,(H,32,33,35,40)/t20-,21?/m0/s1. The van der Waals surface area contributed by atoms with Gasteiger partial charge in [-0.15, -0.1) is 0 Å². The monoisotopic (exact) mass is 567 g/mol. The van der Waals surface area contributed by atoms with Crippen LogP contribution in [0.4, 0.5) is 16.3 Å². The Bertz CT molecular complexity index is 1770. The molecule has 13 heteroatoms. The highest BCUT2D eigenvalue weighted by molar-refractivity contribution is 6.13. The van der Waals surface area contributed by atoms with Crippen LogP contribution in [0.15, 0.2) is 36.8 Å². The van der Waals surface area contributed by atoms with Crippen LogP contribution in [-0.4, -0.2) is 65.7 Å². The second kappa shape index (κ2) is 9.86. The number of carbonyl (C=O) groups excluding carboxylic acids is 3. The maximum atomic E-state index is 12.9. The quantitative estimate of drug-likeness (QED) is 0.317. The fraction of sp³-hybridized carbons (Fsp3) is 0.379. The number of hydrogen-bond donors (Lipinski definition) is 1. The van der Waals surface area contributed by atoms with E-state index in [1.165, 1.54) is 11.9 Å². The number of likely N-dealkylation sites (N-methyl/N-ethyl adjacent to an activating group) is 1. The van der Waals surface area contributed by atoms with Crippen molar-refractivity contribution in [1.82, 2.24) is 34.2 Å². The normalized spacial score (nSPS) is 20.0. The zero-order valence-electron chi connectivity index (χ0n) is 23.4. The molecule has 2 aliphatic carbocycles. The lowest BCUT2D eigenvalue weighted by molar-refractivity contribution is -0.124. The van der Waals surface area contributed by atoms with E-state index in [0.29, 0.717) is 52.7 Å². The van der Waals surface area contributed by atoms with Crippen LogP contribution in [0.5, 0.6) is 5.88 Å². The molecule has 7 rings (SSSR count). The number of nitrogens with one attached hydrogen (secondary N) is 1. The van der Waals surface area contributed by atoms with Crippen molar-refractivity contribution in [2.24, 2.45) is 5.92 Å². The molecule has 214 valence electrons. The van der Waals surface area contributed by atoms with Crippen molar-refractivity contribution in [3.05, 3.63) is 65.4 Å². The first kappa shape index (κ1) is 26.0. The highest BCUT2D eigenvalue weighted by Gasteiger charge is 2.46. The van der Waals surface area contributed by atoms with E-state index in [4.69, 9.17) is 9.72 Å². The Labute approximate surface area is 241 Å². The number of fused-ring (bicyclic) bond motifs is 1. The number of imide groups is 1. The third-order valence-electron chi connectivity index (χ3n) is 7.83. The molecule has 5 heterocycles. The number of aryl methyl sites for hydroxylation is 2. The van der Waals surface area contributed by atoms with E-state index in [0.717, 1.165) is 29.0 Å². The number of anilines is 2. The molecule has 2 saturated carbocycles. The van der Waals surface area contributed by atoms with Crippen molar-refractivity contribution in [1.29, 1.82) is 0 Å². The van der Waals surface area contributed by atoms with E-state index in [1.807, 2.05) is 35.9 Å². The number of pyridine rings is 1. The Balaban J connectivity index is 1.07. The Morgan fingerprint density at radius 1 is 1.10 bits per heavy atom. The van der Waals surface area contributed by atoms with Gasteiger partial charge < -0.3 is 14.5 Å². The molecule has 4 aromatic rings. The van der Waals surface area contributed by atoms with Gasteiger partial charge in [-0.3, -0.25) is 19.4 Å². The molecular weight excluding hydrogens is 538 g/mol. The fourth-order valence-corrected chi connectivity index (χ4v) is 5.31. The number of hydrogen-bond acceptors (Lipinski definition) is 9. The molecule has 2 atom stereocenters. The van der Waals surface area contributed by atoms with Gasteiger partial charge in [0.2, 0.25) is 17.7 Å². The first-order valence-corrected chi connectivity index (χ1v) is 13.9. The van der Waals surface area contributed by atoms with Gasteiger partial charge in [0.1, 0.15) is 30.6 Å². The van der Waals surface area contributed by atoms with Gasteiger partial charge in [-0.2, -0.15) is 4.98 Å². The highest BCUT2D eigenvalue weighted by atomic mass is 16.5. The molecule has 3 aliphatic rings. The molecule has 0 bridgehead atoms. The first-order chi connectivity index (χ1) is 20.2. The van der Waals surface area contributed by atoms with Crippen LogP contribution in [0.25, 0.3) is 5.65 Å². The molecule has 3 fully saturated rings. The van der Waals surface area contributed by atoms with Gasteiger partial charge in [0, 0.05) is 49.2 Å². The average molecular weight is 568 g/mol. The van der Waals surface area contributed by atoms with Gasteiger partial charge in [0.15, 0.2) is 5.65 Å². The maximum absolute atomic E-state index is 12.9. The van der Waals surface area contributed by atoms with Crippen LogP contribution in [0.3, 0.4) is 0 Å². The summed E-state index contributed by atoms with van der Waals surface area (Å²) in [7, 11) is 1.49. The average Bonchev–Trinajstić information content (AvgIpc) is 3.88. The molecule has 0 radical (unpaired) electrons. The molecule has 4 amide bonds. The number of aromatic nitrogens is 6. The molecule has 1 N–H and O–H groups in total. The predicted octanol–water partition coefficient (Wildman–Crippen LogP) is 3.13. The molecule has 0 aromatic carbocycles. The van der Waals surface area contributed by atoms with E-state index >= 15 is 0 Å². The molecule has 1 saturated heterocycles. The first-order valence-electron chi connectivity index (χ1n) is 13.9. The molecule has 1 unspecified atom stereocenters. The van der Waals surface area contributed by atoms with Gasteiger partial charge >= 0.3 is 6.03 Å². The van der Waals surface area contributed by atoms with Gasteiger partial charge in [-0.25, -0.2) is 24.7 Å². The van der Waals surface area contributed by atoms with Crippen LogP contribution in [0.1, 0.15) is 59.7 Å². The highest BCUT2D eigenvalue weighted by Crippen LogP contribution is 2.46. The van der Waals surface area contributed by atoms with Gasteiger partial charge in [0.05, 0.1) is 11.4 Å². The van der Waals surface area contributed by atoms with Crippen molar-refractivity contribution in [2.45, 2.75) is 51.6 Å². The number of rotatable bonds is 8. The summed E-state index contributed by atoms with van der Waals surface area (Å²) in [6.07, 6.45) is 8.46. The smallest absolute Gasteiger partial charge is 0.331 e. The molecule has 42 heavy (non-hydrogen) atoms. The minimum Gasteiger partial charge on any atom is -0.471 e. The van der Waals surface area contributed by atoms with E-state index < -0.39 is 0 Å². The van der Waals surface area contributed by atoms with Gasteiger partial charge in [0.25, 0.3) is 0 Å². The SMILES string of the molecule is Cc1ccnc([C@H]2CC2C(=O)Nc2cc(OCc3cn4cc(C5CC5)cc(N5CC(=O)N(C)C5=O)c4n3)nc(C)n2)n1. The Kier molecular flexibility index (Phi) is 6.10. The number of urea groups is 1. The van der Waals surface area contributed by atoms with E-state index in [-0.39, 0.29) is 42.8 Å². The zero-order valence-corrected chi connectivity index (χ0v) is 23.4. The Morgan fingerprint density at radius 3 is 2.67 bits per heavy atom. The van der Waals surface area contributed by atoms with Crippen molar-refractivity contribution in [3.8, 4) is 5.88 Å². The molecule has 4 aromatic heterocycles. The molecular formula is C29H29N9O4. The summed E-state index contributed by atoms with van der Waals surface area (Å²) in [5.41, 5.74) is 3.77. The number of ether oxygens (including phenoxy) is 1. The molecule has 13 nitrogen and oxygen atoms in total. The second-order valence-electron chi connectivity index (χ2n) is 11.1. The maximum Gasteiger partial charge on any atom is 0.331 e. The van der Waals surface area contributed by atoms with E-state index in [2.05, 4.69) is 25.3 Å². The van der Waals surface area contributed by atoms with Gasteiger partial charge in [-0.05, 0) is 56.7 Å². The summed E-state index contributed by atoms with van der Waals surface area (Å²) in [6, 6.07) is 5.01. The largest absolute Gasteiger partial charge is 0.471 e. The molecule has 0 spiro atoms. The van der Waals surface area contributed by atoms with Gasteiger partial charge in [-0.1, -0.05) is 0 Å². The van der Waals surface area contributed by atoms with Crippen LogP contribution >= 0.6 is 0 Å². The van der Waals surface area contributed by atoms with Crippen LogP contribution in [0, 0.1) is 19.8 Å². The Morgan fingerprint density at radius 2 is 1.93 bits per heavy atom. The number of nitrogens with zero attached hydrogens (tertiary/aromatic N) is 8. The van der Waals surface area contributed by atoms with Crippen molar-refractivity contribution < 1.29 is 19.1 Å². The lowest BCUT2D eigenvalue weighted by Crippen LogP contribution is -2.30. The van der Waals surface area contributed by atoms with Crippen molar-refractivity contribution >= 4 is 35.0 Å². The minimum absolute atomic E-state index is 0.00158. The van der Waals surface area contributed by atoms with Crippen LogP contribution in [0.2, 0.25) is 0 Å². The third-order valence-corrected chi connectivity index (χ3v) is 7.83. The number of imidazole rings is 1. The Hall–Kier alpha value is -4.94. The fourth-order valence-electron chi connectivity index (χ4n) is 5.31. The van der Waals surface area contributed by atoms with E-state index in [1.54, 1.807) is 19.2 Å². The van der Waals surface area contributed by atoms with Crippen LogP contribution in [-0.2, 0) is 16.2 Å². The topological polar surface area (TPSA) is 148 Å². The number of amides is 4. The summed E-state index contributed by atoms with van der Waals surface area (Å²) in [5, 5.41) is 2.88. The summed E-state index contributed by atoms with van der Waals surface area (Å²) in [4.78, 5) is 62.7. The third kappa shape index (κ3) is 4.91. The summed E-state index contributed by atoms with van der Waals surface area (Å²) in [5.74, 6) is 1.61. The molecule has 1 aliphatic heterocycles. The minimum atomic E-state index is -0.370. The summed E-state index contributed by atoms with van der Waals surface area (Å²) in [6.45, 7) is 3.71. The van der Waals surface area contributed by atoms with E-state index in [9.17, 15) is 14.4 Å². The number of carbonyl (C=O) groups is 3. The predicted molar refractivity (Wildman–Crippen MR) is 150 cm³/mol. The lowest BCUT2D eigenvalue weighted by atomic mass is 10.1.